The predicted octanol–water partition coefficient (Wildman–Crippen LogP) is 1.51. The zero-order chi connectivity index (χ0) is 14.9. The summed E-state index contributed by atoms with van der Waals surface area (Å²) in [6, 6.07) is 5.70. The molecule has 0 aliphatic carbocycles. The van der Waals surface area contributed by atoms with Gasteiger partial charge in [0.1, 0.15) is 17.6 Å². The zero-order valence-electron chi connectivity index (χ0n) is 12.3. The molecule has 0 spiro atoms. The Morgan fingerprint density at radius 3 is 2.82 bits per heavy atom. The third-order valence-corrected chi connectivity index (χ3v) is 3.19. The predicted molar refractivity (Wildman–Crippen MR) is 84.0 cm³/mol. The summed E-state index contributed by atoms with van der Waals surface area (Å²) in [6.45, 7) is 2.96. The molecule has 1 aromatic carbocycles. The molecule has 1 aliphatic rings. The van der Waals surface area contributed by atoms with Crippen LogP contribution in [0.5, 0.6) is 5.75 Å². The van der Waals surface area contributed by atoms with Crippen molar-refractivity contribution >= 4 is 18.3 Å². The highest BCUT2D eigenvalue weighted by molar-refractivity contribution is 5.85. The van der Waals surface area contributed by atoms with Gasteiger partial charge < -0.3 is 20.1 Å². The van der Waals surface area contributed by atoms with E-state index in [-0.39, 0.29) is 30.2 Å². The molecule has 5 nitrogen and oxygen atoms in total. The van der Waals surface area contributed by atoms with E-state index in [4.69, 9.17) is 9.47 Å². The number of halogens is 2. The fourth-order valence-electron chi connectivity index (χ4n) is 2.02. The molecule has 1 aliphatic heterocycles. The van der Waals surface area contributed by atoms with Gasteiger partial charge in [-0.1, -0.05) is 0 Å². The second kappa shape index (κ2) is 10.4. The zero-order valence-corrected chi connectivity index (χ0v) is 13.2. The lowest BCUT2D eigenvalue weighted by Gasteiger charge is -2.22. The number of unbranched alkanes of at least 4 members (excludes halogenated alkanes) is 1. The van der Waals surface area contributed by atoms with Gasteiger partial charge in [-0.25, -0.2) is 4.39 Å². The summed E-state index contributed by atoms with van der Waals surface area (Å²) < 4.78 is 23.4. The molecular weight excluding hydrogens is 311 g/mol. The summed E-state index contributed by atoms with van der Waals surface area (Å²) in [6.07, 6.45) is 1.66. The van der Waals surface area contributed by atoms with Crippen molar-refractivity contribution in [3.8, 4) is 5.75 Å². The standard InChI is InChI=1S/C15H21FN2O3.ClH/c16-12-3-5-13(6-4-12)21-9-2-1-7-18-15(19)14-11-20-10-8-17-14;/h3-6,14,17H,1-2,7-11H2,(H,18,19);1H. The quantitative estimate of drug-likeness (QED) is 0.743. The number of nitrogens with one attached hydrogen (secondary N) is 2. The molecule has 0 aromatic heterocycles. The maximum Gasteiger partial charge on any atom is 0.239 e. The van der Waals surface area contributed by atoms with E-state index in [2.05, 4.69) is 10.6 Å². The number of rotatable bonds is 7. The second-order valence-corrected chi connectivity index (χ2v) is 4.88. The summed E-state index contributed by atoms with van der Waals surface area (Å²) >= 11 is 0. The highest BCUT2D eigenvalue weighted by atomic mass is 35.5. The molecule has 0 saturated carbocycles. The van der Waals surface area contributed by atoms with Crippen molar-refractivity contribution in [2.75, 3.05) is 32.9 Å². The van der Waals surface area contributed by atoms with Crippen LogP contribution in [0.3, 0.4) is 0 Å². The average molecular weight is 333 g/mol. The van der Waals surface area contributed by atoms with Gasteiger partial charge in [0.15, 0.2) is 0 Å². The number of carbonyl (C=O) groups excluding carboxylic acids is 1. The molecule has 0 radical (unpaired) electrons. The van der Waals surface area contributed by atoms with Crippen molar-refractivity contribution in [3.63, 3.8) is 0 Å². The van der Waals surface area contributed by atoms with Crippen LogP contribution < -0.4 is 15.4 Å². The van der Waals surface area contributed by atoms with Gasteiger partial charge in [-0.3, -0.25) is 4.79 Å². The molecule has 2 N–H and O–H groups in total. The van der Waals surface area contributed by atoms with Crippen LogP contribution >= 0.6 is 12.4 Å². The number of ether oxygens (including phenoxy) is 2. The van der Waals surface area contributed by atoms with Crippen LogP contribution in [0.25, 0.3) is 0 Å². The van der Waals surface area contributed by atoms with E-state index < -0.39 is 0 Å². The Morgan fingerprint density at radius 2 is 2.14 bits per heavy atom. The van der Waals surface area contributed by atoms with Crippen molar-refractivity contribution in [1.82, 2.24) is 10.6 Å². The molecule has 124 valence electrons. The highest BCUT2D eigenvalue weighted by Crippen LogP contribution is 2.11. The molecule has 22 heavy (non-hydrogen) atoms. The summed E-state index contributed by atoms with van der Waals surface area (Å²) in [7, 11) is 0. The first-order valence-electron chi connectivity index (χ1n) is 7.23. The van der Waals surface area contributed by atoms with Gasteiger partial charge in [0.25, 0.3) is 0 Å². The molecule has 1 atom stereocenters. The summed E-state index contributed by atoms with van der Waals surface area (Å²) in [5.41, 5.74) is 0. The van der Waals surface area contributed by atoms with Gasteiger partial charge in [0.2, 0.25) is 5.91 Å². The number of carbonyl (C=O) groups is 1. The molecule has 1 amide bonds. The number of hydrogen-bond donors (Lipinski definition) is 2. The van der Waals surface area contributed by atoms with E-state index in [1.165, 1.54) is 12.1 Å². The molecule has 1 unspecified atom stereocenters. The third-order valence-electron chi connectivity index (χ3n) is 3.19. The molecule has 1 heterocycles. The van der Waals surface area contributed by atoms with Gasteiger partial charge in [-0.05, 0) is 37.1 Å². The molecule has 2 rings (SSSR count). The monoisotopic (exact) mass is 332 g/mol. The van der Waals surface area contributed by atoms with Crippen LogP contribution in [0.4, 0.5) is 4.39 Å². The van der Waals surface area contributed by atoms with E-state index >= 15 is 0 Å². The minimum atomic E-state index is -0.273. The lowest BCUT2D eigenvalue weighted by molar-refractivity contribution is -0.125. The van der Waals surface area contributed by atoms with Crippen LogP contribution in [-0.4, -0.2) is 44.9 Å². The smallest absolute Gasteiger partial charge is 0.239 e. The van der Waals surface area contributed by atoms with Gasteiger partial charge >= 0.3 is 0 Å². The number of benzene rings is 1. The lowest BCUT2D eigenvalue weighted by Crippen LogP contribution is -2.51. The van der Waals surface area contributed by atoms with Crippen molar-refractivity contribution in [3.05, 3.63) is 30.1 Å². The Kier molecular flexibility index (Phi) is 8.81. The van der Waals surface area contributed by atoms with Crippen LogP contribution in [0.1, 0.15) is 12.8 Å². The second-order valence-electron chi connectivity index (χ2n) is 4.88. The largest absolute Gasteiger partial charge is 0.494 e. The summed E-state index contributed by atoms with van der Waals surface area (Å²) in [5, 5.41) is 5.98. The van der Waals surface area contributed by atoms with E-state index in [1.807, 2.05) is 0 Å². The van der Waals surface area contributed by atoms with Crippen LogP contribution in [-0.2, 0) is 9.53 Å². The van der Waals surface area contributed by atoms with Crippen LogP contribution in [0, 0.1) is 5.82 Å². The normalized spacial score (nSPS) is 17.4. The first-order chi connectivity index (χ1) is 10.3. The first kappa shape index (κ1) is 18.7. The minimum Gasteiger partial charge on any atom is -0.494 e. The van der Waals surface area contributed by atoms with Gasteiger partial charge in [-0.2, -0.15) is 0 Å². The van der Waals surface area contributed by atoms with E-state index in [1.54, 1.807) is 12.1 Å². The minimum absolute atomic E-state index is 0. The number of hydrogen-bond acceptors (Lipinski definition) is 4. The topological polar surface area (TPSA) is 59.6 Å². The van der Waals surface area contributed by atoms with Crippen molar-refractivity contribution in [2.45, 2.75) is 18.9 Å². The Morgan fingerprint density at radius 1 is 1.36 bits per heavy atom. The van der Waals surface area contributed by atoms with Crippen molar-refractivity contribution in [2.24, 2.45) is 0 Å². The lowest BCUT2D eigenvalue weighted by atomic mass is 10.2. The molecular formula is C15H22ClFN2O3. The summed E-state index contributed by atoms with van der Waals surface area (Å²) in [4.78, 5) is 11.8. The van der Waals surface area contributed by atoms with Gasteiger partial charge in [-0.15, -0.1) is 12.4 Å². The van der Waals surface area contributed by atoms with Crippen LogP contribution in [0.15, 0.2) is 24.3 Å². The molecule has 1 saturated heterocycles. The van der Waals surface area contributed by atoms with E-state index in [9.17, 15) is 9.18 Å². The maximum absolute atomic E-state index is 12.7. The van der Waals surface area contributed by atoms with Crippen molar-refractivity contribution in [1.29, 1.82) is 0 Å². The average Bonchev–Trinajstić information content (AvgIpc) is 2.53. The molecule has 7 heteroatoms. The Labute approximate surface area is 136 Å². The molecule has 1 aromatic rings. The first-order valence-corrected chi connectivity index (χ1v) is 7.23. The number of morpholine rings is 1. The van der Waals surface area contributed by atoms with Gasteiger partial charge in [0, 0.05) is 13.1 Å². The molecule has 0 bridgehead atoms. The maximum atomic E-state index is 12.7. The van der Waals surface area contributed by atoms with Gasteiger partial charge in [0.05, 0.1) is 19.8 Å². The Balaban J connectivity index is 0.00000242. The van der Waals surface area contributed by atoms with E-state index in [0.29, 0.717) is 38.7 Å². The molecule has 1 fully saturated rings. The highest BCUT2D eigenvalue weighted by Gasteiger charge is 2.20. The van der Waals surface area contributed by atoms with E-state index in [0.717, 1.165) is 12.8 Å². The summed E-state index contributed by atoms with van der Waals surface area (Å²) in [5.74, 6) is 0.364. The fourth-order valence-corrected chi connectivity index (χ4v) is 2.02. The van der Waals surface area contributed by atoms with Crippen molar-refractivity contribution < 1.29 is 18.7 Å². The van der Waals surface area contributed by atoms with Crippen LogP contribution in [0.2, 0.25) is 0 Å². The fraction of sp³-hybridized carbons (Fsp3) is 0.533. The third kappa shape index (κ3) is 6.60. The SMILES string of the molecule is Cl.O=C(NCCCCOc1ccc(F)cc1)C1COCCN1. The Bertz CT molecular complexity index is 439. The number of amides is 1. The Hall–Kier alpha value is -1.37.